The Hall–Kier alpha value is -2.28. The van der Waals surface area contributed by atoms with Gasteiger partial charge in [-0.15, -0.1) is 0 Å². The van der Waals surface area contributed by atoms with Crippen LogP contribution in [0.4, 0.5) is 0 Å². The Morgan fingerprint density at radius 2 is 2.18 bits per heavy atom. The summed E-state index contributed by atoms with van der Waals surface area (Å²) in [4.78, 5) is 13.9. The quantitative estimate of drug-likeness (QED) is 0.741. The lowest BCUT2D eigenvalue weighted by molar-refractivity contribution is -0.148. The van der Waals surface area contributed by atoms with Crippen LogP contribution < -0.4 is 10.5 Å². The summed E-state index contributed by atoms with van der Waals surface area (Å²) in [6.07, 6.45) is 0.0455. The molecule has 0 bridgehead atoms. The average molecular weight is 405 g/mol. The van der Waals surface area contributed by atoms with Gasteiger partial charge in [-0.05, 0) is 31.2 Å². The van der Waals surface area contributed by atoms with Gasteiger partial charge in [0.15, 0.2) is 0 Å². The molecule has 1 heterocycles. The number of phenols is 1. The molecule has 3 N–H and O–H groups in total. The number of ether oxygens (including phenoxy) is 2. The van der Waals surface area contributed by atoms with Crippen molar-refractivity contribution in [3.8, 4) is 11.5 Å². The third-order valence-electron chi connectivity index (χ3n) is 4.75. The molecular weight excluding hydrogens is 380 g/mol. The van der Waals surface area contributed by atoms with Crippen molar-refractivity contribution in [2.45, 2.75) is 25.5 Å². The van der Waals surface area contributed by atoms with E-state index in [1.165, 1.54) is 0 Å². The van der Waals surface area contributed by atoms with Crippen LogP contribution in [0, 0.1) is 6.92 Å². The highest BCUT2D eigenvalue weighted by Gasteiger charge is 2.39. The maximum absolute atomic E-state index is 11.7. The Kier molecular flexibility index (Phi) is 6.44. The molecule has 2 aromatic carbocycles. The van der Waals surface area contributed by atoms with Gasteiger partial charge in [0.25, 0.3) is 0 Å². The predicted molar refractivity (Wildman–Crippen MR) is 108 cm³/mol. The molecule has 3 rings (SSSR count). The van der Waals surface area contributed by atoms with Gasteiger partial charge >= 0.3 is 0 Å². The summed E-state index contributed by atoms with van der Waals surface area (Å²) in [7, 11) is 0. The van der Waals surface area contributed by atoms with E-state index in [2.05, 4.69) is 4.90 Å². The molecule has 0 aliphatic carbocycles. The van der Waals surface area contributed by atoms with Crippen LogP contribution >= 0.6 is 11.6 Å². The van der Waals surface area contributed by atoms with Crippen LogP contribution in [-0.4, -0.2) is 47.8 Å². The van der Waals surface area contributed by atoms with Crippen LogP contribution in [0.1, 0.15) is 17.5 Å². The molecule has 1 aliphatic rings. The van der Waals surface area contributed by atoms with E-state index in [0.717, 1.165) is 11.1 Å². The lowest BCUT2D eigenvalue weighted by Gasteiger charge is -2.42. The Labute approximate surface area is 169 Å². The summed E-state index contributed by atoms with van der Waals surface area (Å²) in [6, 6.07) is 12.6. The monoisotopic (exact) mass is 404 g/mol. The second-order valence-corrected chi connectivity index (χ2v) is 7.70. The zero-order chi connectivity index (χ0) is 20.1. The first kappa shape index (κ1) is 20.5. The summed E-state index contributed by atoms with van der Waals surface area (Å²) in [5.74, 6) is 0.413. The molecular formula is C21H25ClN2O4. The lowest BCUT2D eigenvalue weighted by atomic mass is 9.97. The van der Waals surface area contributed by atoms with Crippen molar-refractivity contribution in [2.24, 2.45) is 5.73 Å². The number of amides is 1. The predicted octanol–water partition coefficient (Wildman–Crippen LogP) is 2.88. The molecule has 1 saturated heterocycles. The van der Waals surface area contributed by atoms with Crippen LogP contribution in [0.5, 0.6) is 11.5 Å². The number of carbonyl (C=O) groups is 1. The highest BCUT2D eigenvalue weighted by molar-refractivity contribution is 6.30. The summed E-state index contributed by atoms with van der Waals surface area (Å²) < 4.78 is 11.9. The van der Waals surface area contributed by atoms with E-state index < -0.39 is 11.5 Å². The van der Waals surface area contributed by atoms with Crippen molar-refractivity contribution in [1.82, 2.24) is 4.90 Å². The van der Waals surface area contributed by atoms with E-state index >= 15 is 0 Å². The van der Waals surface area contributed by atoms with Gasteiger partial charge in [0, 0.05) is 30.2 Å². The molecule has 7 heteroatoms. The number of hydrogen-bond donors (Lipinski definition) is 2. The Morgan fingerprint density at radius 1 is 1.36 bits per heavy atom. The van der Waals surface area contributed by atoms with E-state index in [1.54, 1.807) is 30.3 Å². The summed E-state index contributed by atoms with van der Waals surface area (Å²) >= 11 is 6.01. The third kappa shape index (κ3) is 5.38. The number of carbonyl (C=O) groups excluding carboxylic acids is 1. The topological polar surface area (TPSA) is 85.0 Å². The molecule has 150 valence electrons. The van der Waals surface area contributed by atoms with Crippen LogP contribution in [0.15, 0.2) is 42.5 Å². The Morgan fingerprint density at radius 3 is 2.93 bits per heavy atom. The first-order valence-electron chi connectivity index (χ1n) is 9.17. The van der Waals surface area contributed by atoms with E-state index in [0.29, 0.717) is 37.0 Å². The van der Waals surface area contributed by atoms with Crippen molar-refractivity contribution in [1.29, 1.82) is 0 Å². The van der Waals surface area contributed by atoms with Crippen molar-refractivity contribution >= 4 is 17.5 Å². The van der Waals surface area contributed by atoms with Gasteiger partial charge < -0.3 is 20.3 Å². The smallest absolute Gasteiger partial charge is 0.220 e. The number of nitrogens with two attached hydrogens (primary N) is 1. The first-order chi connectivity index (χ1) is 13.3. The highest BCUT2D eigenvalue weighted by atomic mass is 35.5. The molecule has 28 heavy (non-hydrogen) atoms. The summed E-state index contributed by atoms with van der Waals surface area (Å²) in [6.45, 7) is 4.30. The second-order valence-electron chi connectivity index (χ2n) is 7.26. The Bertz CT molecular complexity index is 845. The highest BCUT2D eigenvalue weighted by Crippen LogP contribution is 2.28. The molecule has 6 nitrogen and oxygen atoms in total. The zero-order valence-electron chi connectivity index (χ0n) is 15.9. The van der Waals surface area contributed by atoms with Crippen molar-refractivity contribution < 1.29 is 19.4 Å². The minimum atomic E-state index is -0.855. The van der Waals surface area contributed by atoms with Crippen molar-refractivity contribution in [3.05, 3.63) is 58.6 Å². The molecule has 0 aromatic heterocycles. The number of phenolic OH excluding ortho intramolecular Hbond substituents is 1. The van der Waals surface area contributed by atoms with Gasteiger partial charge in [-0.2, -0.15) is 0 Å². The summed E-state index contributed by atoms with van der Waals surface area (Å²) in [5, 5.41) is 10.7. The SMILES string of the molecule is Cc1ccc(O)c(CN2CCO[C@](COc3cccc(Cl)c3)(CC(N)=O)C2)c1. The maximum atomic E-state index is 11.7. The fourth-order valence-corrected chi connectivity index (χ4v) is 3.65. The Balaban J connectivity index is 1.74. The second kappa shape index (κ2) is 8.82. The lowest BCUT2D eigenvalue weighted by Crippen LogP contribution is -2.56. The van der Waals surface area contributed by atoms with E-state index in [1.807, 2.05) is 19.1 Å². The van der Waals surface area contributed by atoms with Gasteiger partial charge in [-0.1, -0.05) is 35.4 Å². The van der Waals surface area contributed by atoms with Crippen LogP contribution in [0.25, 0.3) is 0 Å². The largest absolute Gasteiger partial charge is 0.508 e. The average Bonchev–Trinajstić information content (AvgIpc) is 2.63. The zero-order valence-corrected chi connectivity index (χ0v) is 16.6. The standard InChI is InChI=1S/C21H25ClN2O4/c1-15-5-6-19(25)16(9-15)12-24-7-8-28-21(13-24,11-20(23)26)14-27-18-4-2-3-17(22)10-18/h2-6,9-10,25H,7-8,11-14H2,1H3,(H2,23,26)/t21-/m1/s1. The van der Waals surface area contributed by atoms with Gasteiger partial charge in [-0.25, -0.2) is 0 Å². The molecule has 1 amide bonds. The molecule has 0 saturated carbocycles. The number of primary amides is 1. The van der Waals surface area contributed by atoms with Gasteiger partial charge in [-0.3, -0.25) is 9.69 Å². The first-order valence-corrected chi connectivity index (χ1v) is 9.54. The number of hydrogen-bond acceptors (Lipinski definition) is 5. The van der Waals surface area contributed by atoms with E-state index in [9.17, 15) is 9.90 Å². The van der Waals surface area contributed by atoms with Crippen molar-refractivity contribution in [3.63, 3.8) is 0 Å². The van der Waals surface area contributed by atoms with Crippen LogP contribution in [0.2, 0.25) is 5.02 Å². The molecule has 2 aromatic rings. The van der Waals surface area contributed by atoms with Crippen LogP contribution in [0.3, 0.4) is 0 Å². The minimum absolute atomic E-state index is 0.0455. The number of aromatic hydroxyl groups is 1. The van der Waals surface area contributed by atoms with Crippen molar-refractivity contribution in [2.75, 3.05) is 26.3 Å². The maximum Gasteiger partial charge on any atom is 0.220 e. The number of morpholine rings is 1. The van der Waals surface area contributed by atoms with Gasteiger partial charge in [0.2, 0.25) is 5.91 Å². The van der Waals surface area contributed by atoms with Crippen LogP contribution in [-0.2, 0) is 16.1 Å². The number of nitrogens with zero attached hydrogens (tertiary/aromatic N) is 1. The minimum Gasteiger partial charge on any atom is -0.508 e. The normalized spacial score (nSPS) is 20.1. The molecule has 0 unspecified atom stereocenters. The fraction of sp³-hybridized carbons (Fsp3) is 0.381. The van der Waals surface area contributed by atoms with E-state index in [-0.39, 0.29) is 18.8 Å². The fourth-order valence-electron chi connectivity index (χ4n) is 3.47. The number of benzene rings is 2. The number of halogens is 1. The third-order valence-corrected chi connectivity index (χ3v) is 4.99. The molecule has 1 fully saturated rings. The van der Waals surface area contributed by atoms with E-state index in [4.69, 9.17) is 26.8 Å². The van der Waals surface area contributed by atoms with Gasteiger partial charge in [0.1, 0.15) is 23.7 Å². The molecule has 0 spiro atoms. The number of rotatable bonds is 7. The number of aryl methyl sites for hydroxylation is 1. The van der Waals surface area contributed by atoms with Gasteiger partial charge in [0.05, 0.1) is 13.0 Å². The molecule has 1 atom stereocenters. The molecule has 0 radical (unpaired) electrons. The molecule has 1 aliphatic heterocycles. The summed E-state index contributed by atoms with van der Waals surface area (Å²) in [5.41, 5.74) is 6.55.